The zero-order chi connectivity index (χ0) is 18.2. The fourth-order valence-corrected chi connectivity index (χ4v) is 2.63. The minimum Gasteiger partial charge on any atom is -0.354 e. The largest absolute Gasteiger partial charge is 0.354 e. The smallest absolute Gasteiger partial charge is 0.270 e. The molecule has 0 spiro atoms. The van der Waals surface area contributed by atoms with Gasteiger partial charge in [0.1, 0.15) is 5.69 Å². The summed E-state index contributed by atoms with van der Waals surface area (Å²) in [5, 5.41) is 6.06. The number of nitrogens with zero attached hydrogens (tertiary/aromatic N) is 2. The van der Waals surface area contributed by atoms with Crippen LogP contribution >= 0.6 is 0 Å². The fraction of sp³-hybridized carbons (Fsp3) is 0.190. The lowest BCUT2D eigenvalue weighted by atomic mass is 10.1. The van der Waals surface area contributed by atoms with Crippen LogP contribution in [-0.2, 0) is 13.0 Å². The maximum Gasteiger partial charge on any atom is 0.270 e. The molecule has 0 aliphatic rings. The van der Waals surface area contributed by atoms with Crippen molar-refractivity contribution in [1.29, 1.82) is 0 Å². The van der Waals surface area contributed by atoms with E-state index < -0.39 is 0 Å². The van der Waals surface area contributed by atoms with Crippen molar-refractivity contribution in [2.45, 2.75) is 19.9 Å². The van der Waals surface area contributed by atoms with Crippen molar-refractivity contribution < 1.29 is 4.79 Å². The first-order chi connectivity index (χ1) is 12.7. The molecule has 0 saturated carbocycles. The highest BCUT2D eigenvalue weighted by Crippen LogP contribution is 2.06. The molecular weight excluding hydrogens is 324 g/mol. The van der Waals surface area contributed by atoms with E-state index in [1.54, 1.807) is 12.3 Å². The molecule has 5 heteroatoms. The summed E-state index contributed by atoms with van der Waals surface area (Å²) in [7, 11) is 0. The van der Waals surface area contributed by atoms with Gasteiger partial charge in [-0.1, -0.05) is 60.2 Å². The Hall–Kier alpha value is -3.21. The number of hydrogen-bond acceptors (Lipinski definition) is 4. The minimum atomic E-state index is -0.208. The number of aryl methyl sites for hydroxylation is 1. The van der Waals surface area contributed by atoms with E-state index in [0.717, 1.165) is 12.0 Å². The van der Waals surface area contributed by atoms with Crippen LogP contribution in [0.15, 0.2) is 66.9 Å². The second-order valence-corrected chi connectivity index (χ2v) is 6.10. The average Bonchev–Trinajstić information content (AvgIpc) is 2.67. The van der Waals surface area contributed by atoms with Gasteiger partial charge < -0.3 is 10.6 Å². The maximum absolute atomic E-state index is 12.3. The molecule has 0 atom stereocenters. The molecule has 0 saturated heterocycles. The quantitative estimate of drug-likeness (QED) is 0.688. The summed E-state index contributed by atoms with van der Waals surface area (Å²) >= 11 is 0. The SMILES string of the molecule is Cc1cccc(CNC(=O)c2ccnc(NCCc3ccccc3)n2)c1. The molecule has 0 bridgehead atoms. The third-order valence-electron chi connectivity index (χ3n) is 3.96. The molecule has 2 N–H and O–H groups in total. The molecule has 1 amide bonds. The molecule has 0 unspecified atom stereocenters. The molecule has 0 aliphatic carbocycles. The van der Waals surface area contributed by atoms with Crippen LogP contribution in [0.1, 0.15) is 27.2 Å². The topological polar surface area (TPSA) is 66.9 Å². The van der Waals surface area contributed by atoms with Crippen LogP contribution < -0.4 is 10.6 Å². The van der Waals surface area contributed by atoms with Crippen molar-refractivity contribution in [2.24, 2.45) is 0 Å². The zero-order valence-electron chi connectivity index (χ0n) is 14.8. The van der Waals surface area contributed by atoms with E-state index in [0.29, 0.717) is 24.7 Å². The molecule has 5 nitrogen and oxygen atoms in total. The first-order valence-corrected chi connectivity index (χ1v) is 8.65. The number of benzene rings is 2. The van der Waals surface area contributed by atoms with Crippen molar-refractivity contribution in [1.82, 2.24) is 15.3 Å². The minimum absolute atomic E-state index is 0.208. The van der Waals surface area contributed by atoms with Crippen LogP contribution in [0.2, 0.25) is 0 Å². The summed E-state index contributed by atoms with van der Waals surface area (Å²) in [6.45, 7) is 3.21. The van der Waals surface area contributed by atoms with E-state index in [-0.39, 0.29) is 5.91 Å². The summed E-state index contributed by atoms with van der Waals surface area (Å²) in [4.78, 5) is 20.8. The molecule has 26 heavy (non-hydrogen) atoms. The number of amides is 1. The fourth-order valence-electron chi connectivity index (χ4n) is 2.63. The van der Waals surface area contributed by atoms with Gasteiger partial charge in [0.05, 0.1) is 0 Å². The zero-order valence-corrected chi connectivity index (χ0v) is 14.8. The van der Waals surface area contributed by atoms with E-state index in [1.807, 2.05) is 43.3 Å². The highest BCUT2D eigenvalue weighted by atomic mass is 16.1. The number of hydrogen-bond donors (Lipinski definition) is 2. The third-order valence-corrected chi connectivity index (χ3v) is 3.96. The molecule has 1 heterocycles. The van der Waals surface area contributed by atoms with E-state index >= 15 is 0 Å². The van der Waals surface area contributed by atoms with Gasteiger partial charge in [-0.3, -0.25) is 4.79 Å². The number of carbonyl (C=O) groups excluding carboxylic acids is 1. The van der Waals surface area contributed by atoms with Crippen LogP contribution in [-0.4, -0.2) is 22.4 Å². The van der Waals surface area contributed by atoms with E-state index in [4.69, 9.17) is 0 Å². The van der Waals surface area contributed by atoms with Gasteiger partial charge in [-0.25, -0.2) is 9.97 Å². The molecular formula is C21H22N4O. The van der Waals surface area contributed by atoms with Gasteiger partial charge >= 0.3 is 0 Å². The predicted octanol–water partition coefficient (Wildman–Crippen LogP) is 3.37. The summed E-state index contributed by atoms with van der Waals surface area (Å²) in [5.41, 5.74) is 3.83. The van der Waals surface area contributed by atoms with E-state index in [2.05, 4.69) is 38.8 Å². The van der Waals surface area contributed by atoms with Crippen molar-refractivity contribution >= 4 is 11.9 Å². The Morgan fingerprint density at radius 3 is 2.62 bits per heavy atom. The van der Waals surface area contributed by atoms with Crippen LogP contribution in [0.3, 0.4) is 0 Å². The first-order valence-electron chi connectivity index (χ1n) is 8.65. The highest BCUT2D eigenvalue weighted by Gasteiger charge is 2.08. The molecule has 3 rings (SSSR count). The van der Waals surface area contributed by atoms with Crippen LogP contribution in [0, 0.1) is 6.92 Å². The number of carbonyl (C=O) groups is 1. The van der Waals surface area contributed by atoms with Crippen LogP contribution in [0.5, 0.6) is 0 Å². The molecule has 1 aromatic heterocycles. The Morgan fingerprint density at radius 2 is 1.81 bits per heavy atom. The van der Waals surface area contributed by atoms with E-state index in [9.17, 15) is 4.79 Å². The summed E-state index contributed by atoms with van der Waals surface area (Å²) in [5.74, 6) is 0.254. The third kappa shape index (κ3) is 5.14. The lowest BCUT2D eigenvalue weighted by Crippen LogP contribution is -2.24. The van der Waals surface area contributed by atoms with Crippen LogP contribution in [0.25, 0.3) is 0 Å². The average molecular weight is 346 g/mol. The Morgan fingerprint density at radius 1 is 1.00 bits per heavy atom. The van der Waals surface area contributed by atoms with Gasteiger partial charge in [0.2, 0.25) is 5.95 Å². The molecule has 2 aromatic carbocycles. The monoisotopic (exact) mass is 346 g/mol. The highest BCUT2D eigenvalue weighted by molar-refractivity contribution is 5.92. The summed E-state index contributed by atoms with van der Waals surface area (Å²) in [6.07, 6.45) is 2.47. The van der Waals surface area contributed by atoms with Gasteiger partial charge in [-0.05, 0) is 30.5 Å². The molecule has 132 valence electrons. The number of anilines is 1. The van der Waals surface area contributed by atoms with Gasteiger partial charge in [0.15, 0.2) is 0 Å². The predicted molar refractivity (Wildman–Crippen MR) is 103 cm³/mol. The lowest BCUT2D eigenvalue weighted by Gasteiger charge is -2.08. The summed E-state index contributed by atoms with van der Waals surface area (Å²) in [6, 6.07) is 19.9. The number of nitrogens with one attached hydrogen (secondary N) is 2. The normalized spacial score (nSPS) is 10.3. The first kappa shape index (κ1) is 17.6. The molecule has 0 radical (unpaired) electrons. The lowest BCUT2D eigenvalue weighted by molar-refractivity contribution is 0.0946. The maximum atomic E-state index is 12.3. The van der Waals surface area contributed by atoms with Crippen LogP contribution in [0.4, 0.5) is 5.95 Å². The van der Waals surface area contributed by atoms with Crippen molar-refractivity contribution in [2.75, 3.05) is 11.9 Å². The Labute approximate surface area is 153 Å². The van der Waals surface area contributed by atoms with Gasteiger partial charge in [0.25, 0.3) is 5.91 Å². The molecule has 0 fully saturated rings. The number of aromatic nitrogens is 2. The Bertz CT molecular complexity index is 865. The molecule has 3 aromatic rings. The Balaban J connectivity index is 1.53. The van der Waals surface area contributed by atoms with Crippen molar-refractivity contribution in [3.63, 3.8) is 0 Å². The van der Waals surface area contributed by atoms with E-state index in [1.165, 1.54) is 11.1 Å². The van der Waals surface area contributed by atoms with Crippen molar-refractivity contribution in [3.8, 4) is 0 Å². The second kappa shape index (κ2) is 8.76. The van der Waals surface area contributed by atoms with Gasteiger partial charge in [-0.2, -0.15) is 0 Å². The number of rotatable bonds is 7. The van der Waals surface area contributed by atoms with Gasteiger partial charge in [-0.15, -0.1) is 0 Å². The second-order valence-electron chi connectivity index (χ2n) is 6.10. The van der Waals surface area contributed by atoms with Gasteiger partial charge in [0, 0.05) is 19.3 Å². The Kier molecular flexibility index (Phi) is 5.93. The standard InChI is InChI=1S/C21H22N4O/c1-16-6-5-9-18(14-16)15-24-20(26)19-11-13-23-21(25-19)22-12-10-17-7-3-2-4-8-17/h2-9,11,13-14H,10,12,15H2,1H3,(H,24,26)(H,22,23,25). The summed E-state index contributed by atoms with van der Waals surface area (Å²) < 4.78 is 0. The molecule has 0 aliphatic heterocycles. The van der Waals surface area contributed by atoms with Crippen molar-refractivity contribution in [3.05, 3.63) is 89.2 Å².